The molecule has 0 aromatic heterocycles. The number of nitrogens with one attached hydrogen (secondary N) is 1. The highest BCUT2D eigenvalue weighted by atomic mass is 16.6. The molecule has 1 aliphatic rings. The second-order valence-electron chi connectivity index (χ2n) is 7.45. The number of hydrogen-bond donors (Lipinski definition) is 2. The van der Waals surface area contributed by atoms with E-state index >= 15 is 0 Å². The maximum atomic E-state index is 12.2. The van der Waals surface area contributed by atoms with Gasteiger partial charge in [0.05, 0.1) is 4.92 Å². The van der Waals surface area contributed by atoms with E-state index in [-0.39, 0.29) is 19.1 Å². The largest absolute Gasteiger partial charge is 0.477 e. The van der Waals surface area contributed by atoms with Gasteiger partial charge in [-0.05, 0) is 39.9 Å². The van der Waals surface area contributed by atoms with Gasteiger partial charge in [0, 0.05) is 18.5 Å². The molecule has 166 valence electrons. The average molecular weight is 444 g/mol. The molecule has 3 aromatic carbocycles. The van der Waals surface area contributed by atoms with Crippen LogP contribution in [0.3, 0.4) is 0 Å². The molecule has 1 aliphatic carbocycles. The Bertz CT molecular complexity index is 1220. The molecule has 0 unspecified atom stereocenters. The molecule has 0 heterocycles. The Hall–Kier alpha value is -4.46. The lowest BCUT2D eigenvalue weighted by molar-refractivity contribution is -0.385. The highest BCUT2D eigenvalue weighted by molar-refractivity contribution is 5.93. The van der Waals surface area contributed by atoms with Crippen LogP contribution >= 0.6 is 0 Å². The third kappa shape index (κ3) is 4.59. The lowest BCUT2D eigenvalue weighted by Gasteiger charge is -2.14. The molecule has 4 rings (SSSR count). The number of nitrogens with zero attached hydrogens (tertiary/aromatic N) is 1. The van der Waals surface area contributed by atoms with Crippen molar-refractivity contribution in [3.8, 4) is 11.1 Å². The van der Waals surface area contributed by atoms with Crippen LogP contribution in [-0.2, 0) is 4.74 Å². The molecule has 0 saturated heterocycles. The van der Waals surface area contributed by atoms with Crippen LogP contribution in [-0.4, -0.2) is 35.2 Å². The Morgan fingerprint density at radius 2 is 1.67 bits per heavy atom. The molecule has 8 nitrogen and oxygen atoms in total. The van der Waals surface area contributed by atoms with E-state index in [1.54, 1.807) is 12.2 Å². The highest BCUT2D eigenvalue weighted by Gasteiger charge is 2.28. The zero-order valence-corrected chi connectivity index (χ0v) is 17.4. The Morgan fingerprint density at radius 3 is 2.27 bits per heavy atom. The van der Waals surface area contributed by atoms with Gasteiger partial charge >= 0.3 is 12.1 Å². The number of carbonyl (C=O) groups is 2. The number of ether oxygens (including phenoxy) is 1. The van der Waals surface area contributed by atoms with E-state index in [9.17, 15) is 19.7 Å². The van der Waals surface area contributed by atoms with E-state index in [1.807, 2.05) is 36.4 Å². The minimum absolute atomic E-state index is 0.0340. The van der Waals surface area contributed by atoms with Crippen molar-refractivity contribution in [2.75, 3.05) is 13.2 Å². The van der Waals surface area contributed by atoms with E-state index in [1.165, 1.54) is 12.1 Å². The lowest BCUT2D eigenvalue weighted by Crippen LogP contribution is -2.26. The molecule has 0 aliphatic heterocycles. The SMILES string of the molecule is O=C(NCC=Cc1ccc([N+](=O)[O-])c(C(=O)O)c1)OCC1c2ccccc2-c2ccccc21. The number of fused-ring (bicyclic) bond motifs is 3. The third-order valence-corrected chi connectivity index (χ3v) is 5.47. The number of carbonyl (C=O) groups excluding carboxylic acids is 1. The normalized spacial score (nSPS) is 12.2. The van der Waals surface area contributed by atoms with Crippen molar-refractivity contribution in [2.24, 2.45) is 0 Å². The van der Waals surface area contributed by atoms with E-state index in [2.05, 4.69) is 17.4 Å². The first-order valence-corrected chi connectivity index (χ1v) is 10.2. The third-order valence-electron chi connectivity index (χ3n) is 5.47. The molecule has 0 spiro atoms. The van der Waals surface area contributed by atoms with Gasteiger partial charge in [-0.3, -0.25) is 10.1 Å². The Morgan fingerprint density at radius 1 is 1.03 bits per heavy atom. The predicted octanol–water partition coefficient (Wildman–Crippen LogP) is 4.84. The van der Waals surface area contributed by atoms with Gasteiger partial charge < -0.3 is 15.2 Å². The average Bonchev–Trinajstić information content (AvgIpc) is 3.14. The fourth-order valence-electron chi connectivity index (χ4n) is 3.97. The van der Waals surface area contributed by atoms with Gasteiger partial charge in [-0.2, -0.15) is 0 Å². The molecule has 0 fully saturated rings. The quantitative estimate of drug-likeness (QED) is 0.397. The zero-order chi connectivity index (χ0) is 23.4. The van der Waals surface area contributed by atoms with Gasteiger partial charge in [-0.15, -0.1) is 0 Å². The molecule has 1 amide bonds. The van der Waals surface area contributed by atoms with Crippen molar-refractivity contribution >= 4 is 23.8 Å². The van der Waals surface area contributed by atoms with Gasteiger partial charge in [-0.1, -0.05) is 60.7 Å². The van der Waals surface area contributed by atoms with Gasteiger partial charge in [0.1, 0.15) is 12.2 Å². The Balaban J connectivity index is 1.34. The second kappa shape index (κ2) is 9.35. The summed E-state index contributed by atoms with van der Waals surface area (Å²) in [5, 5.41) is 22.7. The maximum absolute atomic E-state index is 12.2. The number of carboxylic acid groups (broad SMARTS) is 1. The van der Waals surface area contributed by atoms with Crippen LogP contribution in [0.25, 0.3) is 17.2 Å². The first-order chi connectivity index (χ1) is 16.0. The minimum atomic E-state index is -1.38. The van der Waals surface area contributed by atoms with Gasteiger partial charge in [0.2, 0.25) is 0 Å². The molecule has 0 atom stereocenters. The number of alkyl carbamates (subject to hydrolysis) is 1. The molecule has 8 heteroatoms. The van der Waals surface area contributed by atoms with Crippen molar-refractivity contribution in [1.82, 2.24) is 5.32 Å². The number of rotatable bonds is 7. The van der Waals surface area contributed by atoms with Crippen molar-refractivity contribution < 1.29 is 24.4 Å². The molecule has 33 heavy (non-hydrogen) atoms. The molecule has 2 N–H and O–H groups in total. The summed E-state index contributed by atoms with van der Waals surface area (Å²) in [6.07, 6.45) is 2.60. The summed E-state index contributed by atoms with van der Waals surface area (Å²) in [5.74, 6) is -1.41. The molecular formula is C25H20N2O6. The molecule has 0 bridgehead atoms. The van der Waals surface area contributed by atoms with Crippen molar-refractivity contribution in [1.29, 1.82) is 0 Å². The Labute approximate surface area is 189 Å². The summed E-state index contributed by atoms with van der Waals surface area (Å²) in [6.45, 7) is 0.351. The number of nitro groups is 1. The molecule has 0 radical (unpaired) electrons. The lowest BCUT2D eigenvalue weighted by atomic mass is 9.98. The summed E-state index contributed by atoms with van der Waals surface area (Å²) < 4.78 is 5.45. The van der Waals surface area contributed by atoms with Crippen molar-refractivity contribution in [3.05, 3.63) is 105 Å². The second-order valence-corrected chi connectivity index (χ2v) is 7.45. The van der Waals surface area contributed by atoms with Crippen LogP contribution in [0.2, 0.25) is 0 Å². The van der Waals surface area contributed by atoms with Crippen LogP contribution in [0.15, 0.2) is 72.8 Å². The summed E-state index contributed by atoms with van der Waals surface area (Å²) in [6, 6.07) is 19.9. The van der Waals surface area contributed by atoms with Crippen LogP contribution < -0.4 is 5.32 Å². The van der Waals surface area contributed by atoms with Gasteiger partial charge in [-0.25, -0.2) is 9.59 Å². The van der Waals surface area contributed by atoms with E-state index in [0.717, 1.165) is 28.3 Å². The Kier molecular flexibility index (Phi) is 6.17. The molecule has 0 saturated carbocycles. The summed E-state index contributed by atoms with van der Waals surface area (Å²) in [4.78, 5) is 33.6. The summed E-state index contributed by atoms with van der Waals surface area (Å²) >= 11 is 0. The topological polar surface area (TPSA) is 119 Å². The van der Waals surface area contributed by atoms with Crippen LogP contribution in [0.4, 0.5) is 10.5 Å². The fraction of sp³-hybridized carbons (Fsp3) is 0.120. The van der Waals surface area contributed by atoms with Crippen LogP contribution in [0, 0.1) is 10.1 Å². The predicted molar refractivity (Wildman–Crippen MR) is 122 cm³/mol. The maximum Gasteiger partial charge on any atom is 0.407 e. The first kappa shape index (κ1) is 21.8. The summed E-state index contributed by atoms with van der Waals surface area (Å²) in [7, 11) is 0. The molecular weight excluding hydrogens is 424 g/mol. The van der Waals surface area contributed by atoms with Gasteiger partial charge in [0.15, 0.2) is 0 Å². The van der Waals surface area contributed by atoms with Crippen molar-refractivity contribution in [2.45, 2.75) is 5.92 Å². The first-order valence-electron chi connectivity index (χ1n) is 10.2. The standard InChI is InChI=1S/C25H20N2O6/c28-24(29)21-14-16(11-12-23(21)27(31)32)6-5-13-26-25(30)33-15-22-19-9-3-1-7-17(19)18-8-2-4-10-20(18)22/h1-12,14,22H,13,15H2,(H,26,30)(H,28,29). The van der Waals surface area contributed by atoms with E-state index in [4.69, 9.17) is 9.84 Å². The summed E-state index contributed by atoms with van der Waals surface area (Å²) in [5.41, 5.74) is 4.13. The molecule has 3 aromatic rings. The van der Waals surface area contributed by atoms with E-state index < -0.39 is 28.2 Å². The number of hydrogen-bond acceptors (Lipinski definition) is 5. The van der Waals surface area contributed by atoms with Crippen molar-refractivity contribution in [3.63, 3.8) is 0 Å². The number of benzene rings is 3. The number of aromatic carboxylic acids is 1. The minimum Gasteiger partial charge on any atom is -0.477 e. The number of nitro benzene ring substituents is 1. The fourth-order valence-corrected chi connectivity index (χ4v) is 3.97. The monoisotopic (exact) mass is 444 g/mol. The van der Waals surface area contributed by atoms with E-state index in [0.29, 0.717) is 5.56 Å². The number of amides is 1. The number of carboxylic acids is 1. The highest BCUT2D eigenvalue weighted by Crippen LogP contribution is 2.44. The van der Waals surface area contributed by atoms with Crippen LogP contribution in [0.1, 0.15) is 33.0 Å². The smallest absolute Gasteiger partial charge is 0.407 e. The van der Waals surface area contributed by atoms with Gasteiger partial charge in [0.25, 0.3) is 5.69 Å². The zero-order valence-electron chi connectivity index (χ0n) is 17.4. The van der Waals surface area contributed by atoms with Crippen LogP contribution in [0.5, 0.6) is 0 Å².